The van der Waals surface area contributed by atoms with Crippen molar-refractivity contribution in [1.82, 2.24) is 15.1 Å². The number of halogens is 1. The summed E-state index contributed by atoms with van der Waals surface area (Å²) in [5.41, 5.74) is 0.495. The van der Waals surface area contributed by atoms with Crippen LogP contribution in [0.25, 0.3) is 0 Å². The number of amides is 1. The number of carbonyl (C=O) groups is 1. The van der Waals surface area contributed by atoms with Gasteiger partial charge in [-0.2, -0.15) is 0 Å². The van der Waals surface area contributed by atoms with Gasteiger partial charge in [0.15, 0.2) is 11.5 Å². The first-order valence-electron chi connectivity index (χ1n) is 7.99. The van der Waals surface area contributed by atoms with Gasteiger partial charge < -0.3 is 19.7 Å². The topological polar surface area (TPSA) is 54.0 Å². The van der Waals surface area contributed by atoms with Crippen LogP contribution in [-0.4, -0.2) is 68.3 Å². The molecule has 0 unspecified atom stereocenters. The zero-order valence-corrected chi connectivity index (χ0v) is 14.1. The summed E-state index contributed by atoms with van der Waals surface area (Å²) in [6.07, 6.45) is 0. The number of benzene rings is 1. The lowest BCUT2D eigenvalue weighted by molar-refractivity contribution is 0.0937. The first kappa shape index (κ1) is 16.4. The van der Waals surface area contributed by atoms with E-state index in [0.717, 1.165) is 39.3 Å². The predicted octanol–water partition coefficient (Wildman–Crippen LogP) is 1.44. The van der Waals surface area contributed by atoms with Gasteiger partial charge in [0.2, 0.25) is 6.79 Å². The van der Waals surface area contributed by atoms with Crippen molar-refractivity contribution in [2.75, 3.05) is 52.6 Å². The van der Waals surface area contributed by atoms with Crippen molar-refractivity contribution >= 4 is 17.5 Å². The van der Waals surface area contributed by atoms with Crippen LogP contribution in [0.15, 0.2) is 12.1 Å². The minimum Gasteiger partial charge on any atom is -0.454 e. The summed E-state index contributed by atoms with van der Waals surface area (Å²) < 4.78 is 10.5. The number of rotatable bonds is 5. The third-order valence-corrected chi connectivity index (χ3v) is 4.60. The summed E-state index contributed by atoms with van der Waals surface area (Å²) in [6.45, 7) is 9.23. The van der Waals surface area contributed by atoms with Crippen LogP contribution in [0.2, 0.25) is 5.02 Å². The third-order valence-electron chi connectivity index (χ3n) is 4.32. The average molecular weight is 340 g/mol. The van der Waals surface area contributed by atoms with Crippen LogP contribution in [0.4, 0.5) is 0 Å². The molecule has 0 aromatic heterocycles. The Kier molecular flexibility index (Phi) is 5.25. The molecule has 2 aliphatic heterocycles. The lowest BCUT2D eigenvalue weighted by Gasteiger charge is -2.33. The SMILES string of the molecule is CCN1CCN(CCNC(=O)c2cc(Cl)c3c(c2)OCO3)CC1. The van der Waals surface area contributed by atoms with E-state index in [-0.39, 0.29) is 12.7 Å². The maximum Gasteiger partial charge on any atom is 0.251 e. The molecule has 1 amide bonds. The van der Waals surface area contributed by atoms with Crippen LogP contribution in [0.3, 0.4) is 0 Å². The molecule has 0 spiro atoms. The van der Waals surface area contributed by atoms with Gasteiger partial charge in [-0.15, -0.1) is 0 Å². The van der Waals surface area contributed by atoms with Gasteiger partial charge in [-0.25, -0.2) is 0 Å². The third kappa shape index (κ3) is 3.88. The second-order valence-corrected chi connectivity index (χ2v) is 6.13. The van der Waals surface area contributed by atoms with Gasteiger partial charge in [-0.1, -0.05) is 18.5 Å². The molecule has 3 rings (SSSR count). The Bertz CT molecular complexity index is 574. The van der Waals surface area contributed by atoms with E-state index < -0.39 is 0 Å². The molecule has 1 aromatic carbocycles. The van der Waals surface area contributed by atoms with E-state index in [9.17, 15) is 4.79 Å². The maximum absolute atomic E-state index is 12.2. The normalized spacial score (nSPS) is 18.2. The molecule has 2 aliphatic rings. The molecule has 0 atom stereocenters. The van der Waals surface area contributed by atoms with Crippen LogP contribution >= 0.6 is 11.6 Å². The van der Waals surface area contributed by atoms with Gasteiger partial charge in [0, 0.05) is 44.8 Å². The van der Waals surface area contributed by atoms with E-state index in [1.165, 1.54) is 0 Å². The number of piperazine rings is 1. The zero-order chi connectivity index (χ0) is 16.2. The molecule has 6 nitrogen and oxygen atoms in total. The number of fused-ring (bicyclic) bond motifs is 1. The highest BCUT2D eigenvalue weighted by atomic mass is 35.5. The summed E-state index contributed by atoms with van der Waals surface area (Å²) in [7, 11) is 0. The van der Waals surface area contributed by atoms with Crippen LogP contribution in [0.5, 0.6) is 11.5 Å². The van der Waals surface area contributed by atoms with Gasteiger partial charge >= 0.3 is 0 Å². The first-order valence-corrected chi connectivity index (χ1v) is 8.37. The van der Waals surface area contributed by atoms with Crippen LogP contribution in [-0.2, 0) is 0 Å². The molecular weight excluding hydrogens is 318 g/mol. The largest absolute Gasteiger partial charge is 0.454 e. The van der Waals surface area contributed by atoms with E-state index >= 15 is 0 Å². The molecule has 23 heavy (non-hydrogen) atoms. The van der Waals surface area contributed by atoms with Gasteiger partial charge in [0.25, 0.3) is 5.91 Å². The van der Waals surface area contributed by atoms with Gasteiger partial charge in [0.05, 0.1) is 5.02 Å². The Balaban J connectivity index is 1.48. The summed E-state index contributed by atoms with van der Waals surface area (Å²) in [4.78, 5) is 17.1. The molecule has 1 N–H and O–H groups in total. The van der Waals surface area contributed by atoms with Crippen molar-refractivity contribution in [3.8, 4) is 11.5 Å². The summed E-state index contributed by atoms with van der Waals surface area (Å²) in [5.74, 6) is 0.896. The Morgan fingerprint density at radius 1 is 1.22 bits per heavy atom. The molecule has 7 heteroatoms. The van der Waals surface area contributed by atoms with E-state index in [1.54, 1.807) is 12.1 Å². The second kappa shape index (κ2) is 7.38. The number of nitrogens with zero attached hydrogens (tertiary/aromatic N) is 2. The fourth-order valence-electron chi connectivity index (χ4n) is 2.86. The molecule has 0 bridgehead atoms. The minimum absolute atomic E-state index is 0.141. The number of hydrogen-bond donors (Lipinski definition) is 1. The van der Waals surface area contributed by atoms with Crippen molar-refractivity contribution in [1.29, 1.82) is 0 Å². The fourth-order valence-corrected chi connectivity index (χ4v) is 3.12. The summed E-state index contributed by atoms with van der Waals surface area (Å²) in [6, 6.07) is 3.29. The summed E-state index contributed by atoms with van der Waals surface area (Å²) >= 11 is 6.10. The molecule has 0 saturated carbocycles. The number of nitrogens with one attached hydrogen (secondary N) is 1. The zero-order valence-electron chi connectivity index (χ0n) is 13.3. The Labute approximate surface area is 141 Å². The monoisotopic (exact) mass is 339 g/mol. The lowest BCUT2D eigenvalue weighted by atomic mass is 10.2. The van der Waals surface area contributed by atoms with Crippen molar-refractivity contribution in [3.05, 3.63) is 22.7 Å². The minimum atomic E-state index is -0.141. The average Bonchev–Trinajstić information content (AvgIpc) is 3.04. The molecule has 1 fully saturated rings. The molecule has 126 valence electrons. The lowest BCUT2D eigenvalue weighted by Crippen LogP contribution is -2.48. The fraction of sp³-hybridized carbons (Fsp3) is 0.562. The van der Waals surface area contributed by atoms with Gasteiger partial charge in [-0.3, -0.25) is 9.69 Å². The maximum atomic E-state index is 12.2. The van der Waals surface area contributed by atoms with Gasteiger partial charge in [-0.05, 0) is 18.7 Å². The number of carbonyl (C=O) groups excluding carboxylic acids is 1. The second-order valence-electron chi connectivity index (χ2n) is 5.72. The number of likely N-dealkylation sites (N-methyl/N-ethyl adjacent to an activating group) is 1. The highest BCUT2D eigenvalue weighted by molar-refractivity contribution is 6.32. The predicted molar refractivity (Wildman–Crippen MR) is 88.5 cm³/mol. The van der Waals surface area contributed by atoms with Gasteiger partial charge in [0.1, 0.15) is 0 Å². The van der Waals surface area contributed by atoms with E-state index in [4.69, 9.17) is 21.1 Å². The smallest absolute Gasteiger partial charge is 0.251 e. The molecule has 0 radical (unpaired) electrons. The Morgan fingerprint density at radius 2 is 1.96 bits per heavy atom. The Hall–Kier alpha value is -1.50. The summed E-state index contributed by atoms with van der Waals surface area (Å²) in [5, 5.41) is 3.34. The standard InChI is InChI=1S/C16H22ClN3O3/c1-2-19-5-7-20(8-6-19)4-3-18-16(21)12-9-13(17)15-14(10-12)22-11-23-15/h9-10H,2-8,11H2,1H3,(H,18,21). The number of hydrogen-bond acceptors (Lipinski definition) is 5. The van der Waals surface area contributed by atoms with Crippen LogP contribution in [0.1, 0.15) is 17.3 Å². The highest BCUT2D eigenvalue weighted by Crippen LogP contribution is 2.39. The van der Waals surface area contributed by atoms with Crippen molar-refractivity contribution < 1.29 is 14.3 Å². The van der Waals surface area contributed by atoms with Crippen molar-refractivity contribution in [2.24, 2.45) is 0 Å². The van der Waals surface area contributed by atoms with Crippen LogP contribution < -0.4 is 14.8 Å². The van der Waals surface area contributed by atoms with Crippen molar-refractivity contribution in [3.63, 3.8) is 0 Å². The first-order chi connectivity index (χ1) is 11.2. The highest BCUT2D eigenvalue weighted by Gasteiger charge is 2.21. The van der Waals surface area contributed by atoms with Crippen LogP contribution in [0, 0.1) is 0 Å². The molecule has 0 aliphatic carbocycles. The molecular formula is C16H22ClN3O3. The molecule has 2 heterocycles. The molecule has 1 aromatic rings. The van der Waals surface area contributed by atoms with E-state index in [0.29, 0.717) is 28.6 Å². The van der Waals surface area contributed by atoms with E-state index in [1.807, 2.05) is 0 Å². The molecule has 1 saturated heterocycles. The number of ether oxygens (including phenoxy) is 2. The quantitative estimate of drug-likeness (QED) is 0.879. The van der Waals surface area contributed by atoms with E-state index in [2.05, 4.69) is 22.0 Å². The van der Waals surface area contributed by atoms with Crippen molar-refractivity contribution in [2.45, 2.75) is 6.92 Å². The Morgan fingerprint density at radius 3 is 2.70 bits per heavy atom.